The van der Waals surface area contributed by atoms with Crippen LogP contribution < -0.4 is 19.5 Å². The molecule has 0 spiro atoms. The van der Waals surface area contributed by atoms with Crippen LogP contribution in [0, 0.1) is 0 Å². The van der Waals surface area contributed by atoms with Crippen molar-refractivity contribution in [3.05, 3.63) is 78.4 Å². The zero-order chi connectivity index (χ0) is 20.9. The van der Waals surface area contributed by atoms with Crippen LogP contribution in [0.3, 0.4) is 0 Å². The highest BCUT2D eigenvalue weighted by atomic mass is 32.2. The molecule has 3 aromatic carbocycles. The normalized spacial score (nSPS) is 10.8. The first-order valence-electron chi connectivity index (χ1n) is 8.69. The van der Waals surface area contributed by atoms with E-state index in [9.17, 15) is 13.2 Å². The molecule has 0 aliphatic rings. The van der Waals surface area contributed by atoms with Crippen LogP contribution in [0.4, 0.5) is 5.69 Å². The molecule has 0 bridgehead atoms. The molecular formula is C21H20N2O5S. The predicted molar refractivity (Wildman–Crippen MR) is 110 cm³/mol. The molecule has 0 fully saturated rings. The lowest BCUT2D eigenvalue weighted by Gasteiger charge is -2.14. The zero-order valence-electron chi connectivity index (χ0n) is 15.9. The Bertz CT molecular complexity index is 1110. The van der Waals surface area contributed by atoms with Gasteiger partial charge in [-0.1, -0.05) is 30.3 Å². The van der Waals surface area contributed by atoms with Gasteiger partial charge in [-0.05, 0) is 42.5 Å². The summed E-state index contributed by atoms with van der Waals surface area (Å²) in [4.78, 5) is 12.0. The molecule has 29 heavy (non-hydrogen) atoms. The third-order valence-electron chi connectivity index (χ3n) is 4.06. The molecule has 7 nitrogen and oxygen atoms in total. The highest BCUT2D eigenvalue weighted by Crippen LogP contribution is 2.31. The monoisotopic (exact) mass is 412 g/mol. The molecule has 2 N–H and O–H groups in total. The van der Waals surface area contributed by atoms with Crippen molar-refractivity contribution in [3.8, 4) is 17.2 Å². The number of hydrogen-bond acceptors (Lipinski definition) is 5. The number of anilines is 1. The van der Waals surface area contributed by atoms with Crippen LogP contribution in [0.2, 0.25) is 0 Å². The molecule has 0 aliphatic carbocycles. The smallest absolute Gasteiger partial charge is 0.262 e. The molecule has 0 radical (unpaired) electrons. The fourth-order valence-electron chi connectivity index (χ4n) is 2.63. The van der Waals surface area contributed by atoms with E-state index in [-0.39, 0.29) is 21.9 Å². The first kappa shape index (κ1) is 20.2. The Hall–Kier alpha value is -3.52. The Morgan fingerprint density at radius 1 is 0.897 bits per heavy atom. The van der Waals surface area contributed by atoms with Gasteiger partial charge >= 0.3 is 0 Å². The standard InChI is InChI=1S/C21H20N2O5S/c1-22-21(24)17-14-16(12-13-19(17)27-2)29(25,26)23-18-10-6-7-11-20(18)28-15-8-4-3-5-9-15/h3-14,23H,1-2H3,(H,22,24). The number of methoxy groups -OCH3 is 1. The number of carbonyl (C=O) groups is 1. The van der Waals surface area contributed by atoms with Crippen molar-refractivity contribution in [3.63, 3.8) is 0 Å². The first-order chi connectivity index (χ1) is 13.9. The van der Waals surface area contributed by atoms with Crippen LogP contribution >= 0.6 is 0 Å². The van der Waals surface area contributed by atoms with E-state index in [1.807, 2.05) is 18.2 Å². The average molecular weight is 412 g/mol. The van der Waals surface area contributed by atoms with E-state index in [0.29, 0.717) is 11.5 Å². The Morgan fingerprint density at radius 2 is 1.59 bits per heavy atom. The third-order valence-corrected chi connectivity index (χ3v) is 5.42. The minimum absolute atomic E-state index is 0.0774. The second-order valence-corrected chi connectivity index (χ2v) is 7.64. The molecule has 0 aromatic heterocycles. The van der Waals surface area contributed by atoms with Gasteiger partial charge in [0.05, 0.1) is 23.3 Å². The van der Waals surface area contributed by atoms with Gasteiger partial charge in [-0.15, -0.1) is 0 Å². The summed E-state index contributed by atoms with van der Waals surface area (Å²) in [5.74, 6) is 0.746. The third kappa shape index (κ3) is 4.67. The number of rotatable bonds is 7. The maximum Gasteiger partial charge on any atom is 0.262 e. The quantitative estimate of drug-likeness (QED) is 0.618. The van der Waals surface area contributed by atoms with E-state index in [0.717, 1.165) is 0 Å². The topological polar surface area (TPSA) is 93.7 Å². The van der Waals surface area contributed by atoms with E-state index in [2.05, 4.69) is 10.0 Å². The van der Waals surface area contributed by atoms with Crippen molar-refractivity contribution in [2.45, 2.75) is 4.90 Å². The summed E-state index contributed by atoms with van der Waals surface area (Å²) in [7, 11) is -1.12. The van der Waals surface area contributed by atoms with Gasteiger partial charge in [-0.25, -0.2) is 8.42 Å². The number of ether oxygens (including phenoxy) is 2. The molecule has 8 heteroatoms. The lowest BCUT2D eigenvalue weighted by Crippen LogP contribution is -2.20. The molecule has 0 aliphatic heterocycles. The lowest BCUT2D eigenvalue weighted by atomic mass is 10.2. The van der Waals surface area contributed by atoms with E-state index in [1.165, 1.54) is 32.4 Å². The minimum Gasteiger partial charge on any atom is -0.496 e. The van der Waals surface area contributed by atoms with E-state index in [1.54, 1.807) is 36.4 Å². The molecular weight excluding hydrogens is 392 g/mol. The summed E-state index contributed by atoms with van der Waals surface area (Å²) in [6.07, 6.45) is 0. The number of amides is 1. The predicted octanol–water partition coefficient (Wildman–Crippen LogP) is 3.65. The van der Waals surface area contributed by atoms with Crippen molar-refractivity contribution in [1.29, 1.82) is 0 Å². The second kappa shape index (κ2) is 8.66. The Morgan fingerprint density at radius 3 is 2.28 bits per heavy atom. The summed E-state index contributed by atoms with van der Waals surface area (Å²) in [5, 5.41) is 2.47. The molecule has 0 saturated carbocycles. The van der Waals surface area contributed by atoms with E-state index >= 15 is 0 Å². The number of benzene rings is 3. The van der Waals surface area contributed by atoms with Gasteiger partial charge in [0.15, 0.2) is 5.75 Å². The van der Waals surface area contributed by atoms with Gasteiger partial charge in [0, 0.05) is 7.05 Å². The van der Waals surface area contributed by atoms with E-state index < -0.39 is 15.9 Å². The van der Waals surface area contributed by atoms with Crippen LogP contribution in [0.5, 0.6) is 17.2 Å². The van der Waals surface area contributed by atoms with Crippen molar-refractivity contribution in [1.82, 2.24) is 5.32 Å². The van der Waals surface area contributed by atoms with Crippen LogP contribution in [0.25, 0.3) is 0 Å². The van der Waals surface area contributed by atoms with Crippen LogP contribution in [0.1, 0.15) is 10.4 Å². The number of nitrogens with one attached hydrogen (secondary N) is 2. The van der Waals surface area contributed by atoms with Gasteiger partial charge in [-0.3, -0.25) is 9.52 Å². The van der Waals surface area contributed by atoms with Crippen molar-refractivity contribution in [2.24, 2.45) is 0 Å². The zero-order valence-corrected chi connectivity index (χ0v) is 16.7. The SMILES string of the molecule is CNC(=O)c1cc(S(=O)(=O)Nc2ccccc2Oc2ccccc2)ccc1OC. The molecule has 0 atom stereocenters. The Balaban J connectivity index is 1.93. The fraction of sp³-hybridized carbons (Fsp3) is 0.0952. The number of sulfonamides is 1. The van der Waals surface area contributed by atoms with Crippen molar-refractivity contribution < 1.29 is 22.7 Å². The van der Waals surface area contributed by atoms with Crippen LogP contribution in [-0.4, -0.2) is 28.5 Å². The highest BCUT2D eigenvalue weighted by Gasteiger charge is 2.21. The van der Waals surface area contributed by atoms with Crippen molar-refractivity contribution >= 4 is 21.6 Å². The molecule has 1 amide bonds. The number of hydrogen-bond donors (Lipinski definition) is 2. The molecule has 150 valence electrons. The molecule has 0 heterocycles. The second-order valence-electron chi connectivity index (χ2n) is 5.96. The number of carbonyl (C=O) groups excluding carboxylic acids is 1. The summed E-state index contributed by atoms with van der Waals surface area (Å²) in [6.45, 7) is 0. The summed E-state index contributed by atoms with van der Waals surface area (Å²) >= 11 is 0. The summed E-state index contributed by atoms with van der Waals surface area (Å²) in [5.41, 5.74) is 0.389. The molecule has 0 saturated heterocycles. The largest absolute Gasteiger partial charge is 0.496 e. The maximum atomic E-state index is 12.9. The maximum absolute atomic E-state index is 12.9. The van der Waals surface area contributed by atoms with Gasteiger partial charge < -0.3 is 14.8 Å². The Labute approximate surface area is 169 Å². The molecule has 0 unspecified atom stereocenters. The number of para-hydroxylation sites is 3. The average Bonchev–Trinajstić information content (AvgIpc) is 2.74. The Kier molecular flexibility index (Phi) is 6.04. The van der Waals surface area contributed by atoms with Crippen LogP contribution in [0.15, 0.2) is 77.7 Å². The molecule has 3 rings (SSSR count). The van der Waals surface area contributed by atoms with Gasteiger partial charge in [0.25, 0.3) is 15.9 Å². The highest BCUT2D eigenvalue weighted by molar-refractivity contribution is 7.92. The minimum atomic E-state index is -3.98. The van der Waals surface area contributed by atoms with E-state index in [4.69, 9.17) is 9.47 Å². The van der Waals surface area contributed by atoms with Gasteiger partial charge in [0.1, 0.15) is 11.5 Å². The molecule has 3 aromatic rings. The van der Waals surface area contributed by atoms with Crippen molar-refractivity contribution in [2.75, 3.05) is 18.9 Å². The van der Waals surface area contributed by atoms with Gasteiger partial charge in [0.2, 0.25) is 0 Å². The van der Waals surface area contributed by atoms with Crippen LogP contribution in [-0.2, 0) is 10.0 Å². The van der Waals surface area contributed by atoms with Gasteiger partial charge in [-0.2, -0.15) is 0 Å². The summed E-state index contributed by atoms with van der Waals surface area (Å²) in [6, 6.07) is 19.8. The fourth-order valence-corrected chi connectivity index (χ4v) is 3.72. The summed E-state index contributed by atoms with van der Waals surface area (Å²) < 4.78 is 39.3. The lowest BCUT2D eigenvalue weighted by molar-refractivity contribution is 0.0960. The first-order valence-corrected chi connectivity index (χ1v) is 10.2.